The molecule has 22 heavy (non-hydrogen) atoms. The van der Waals surface area contributed by atoms with Crippen LogP contribution in [0, 0.1) is 11.8 Å². The highest BCUT2D eigenvalue weighted by molar-refractivity contribution is 6.00. The molecule has 3 N–H and O–H groups in total. The Hall–Kier alpha value is -2.37. The fourth-order valence-electron chi connectivity index (χ4n) is 2.46. The van der Waals surface area contributed by atoms with Crippen LogP contribution in [0.1, 0.15) is 26.7 Å². The number of nitrogens with two attached hydrogens (primary N) is 1. The van der Waals surface area contributed by atoms with Crippen molar-refractivity contribution in [2.75, 3.05) is 16.8 Å². The summed E-state index contributed by atoms with van der Waals surface area (Å²) >= 11 is 0. The number of anilines is 2. The molecule has 3 amide bonds. The number of carbonyl (C=O) groups excluding carboxylic acids is 3. The van der Waals surface area contributed by atoms with Gasteiger partial charge in [0.15, 0.2) is 0 Å². The number of rotatable bonds is 5. The number of primary amides is 1. The van der Waals surface area contributed by atoms with Crippen molar-refractivity contribution in [3.05, 3.63) is 24.3 Å². The molecule has 1 aliphatic rings. The van der Waals surface area contributed by atoms with Crippen LogP contribution in [-0.2, 0) is 14.4 Å². The Bertz CT molecular complexity index is 581. The fraction of sp³-hybridized carbons (Fsp3) is 0.438. The van der Waals surface area contributed by atoms with Gasteiger partial charge in [0, 0.05) is 30.8 Å². The van der Waals surface area contributed by atoms with Gasteiger partial charge in [-0.1, -0.05) is 13.8 Å². The van der Waals surface area contributed by atoms with E-state index >= 15 is 0 Å². The summed E-state index contributed by atoms with van der Waals surface area (Å²) in [6, 6.07) is 7.01. The Morgan fingerprint density at radius 1 is 1.32 bits per heavy atom. The summed E-state index contributed by atoms with van der Waals surface area (Å²) in [5.41, 5.74) is 6.65. The molecule has 2 rings (SSSR count). The Labute approximate surface area is 129 Å². The largest absolute Gasteiger partial charge is 0.369 e. The Kier molecular flexibility index (Phi) is 4.80. The van der Waals surface area contributed by atoms with Crippen molar-refractivity contribution in [1.29, 1.82) is 0 Å². The molecule has 1 aliphatic heterocycles. The Morgan fingerprint density at radius 3 is 2.45 bits per heavy atom. The zero-order valence-electron chi connectivity index (χ0n) is 12.8. The Balaban J connectivity index is 2.02. The van der Waals surface area contributed by atoms with Gasteiger partial charge in [0.1, 0.15) is 0 Å². The number of hydrogen-bond donors (Lipinski definition) is 2. The van der Waals surface area contributed by atoms with Crippen LogP contribution in [0.15, 0.2) is 24.3 Å². The summed E-state index contributed by atoms with van der Waals surface area (Å²) in [5.74, 6) is -0.729. The molecule has 0 aliphatic carbocycles. The number of amides is 3. The predicted molar refractivity (Wildman–Crippen MR) is 84.2 cm³/mol. The minimum Gasteiger partial charge on any atom is -0.369 e. The quantitative estimate of drug-likeness (QED) is 0.863. The molecule has 1 aromatic rings. The van der Waals surface area contributed by atoms with Crippen molar-refractivity contribution in [2.24, 2.45) is 17.6 Å². The number of benzene rings is 1. The van der Waals surface area contributed by atoms with E-state index in [0.29, 0.717) is 30.3 Å². The summed E-state index contributed by atoms with van der Waals surface area (Å²) in [7, 11) is 0. The average Bonchev–Trinajstić information content (AvgIpc) is 2.81. The molecular weight excluding hydrogens is 282 g/mol. The zero-order chi connectivity index (χ0) is 16.3. The highest BCUT2D eigenvalue weighted by Gasteiger charge is 2.33. The predicted octanol–water partition coefficient (Wildman–Crippen LogP) is 1.51. The summed E-state index contributed by atoms with van der Waals surface area (Å²) in [6.07, 6.45) is 0.620. The summed E-state index contributed by atoms with van der Waals surface area (Å²) in [5, 5.41) is 2.81. The van der Waals surface area contributed by atoms with Crippen molar-refractivity contribution in [3.63, 3.8) is 0 Å². The van der Waals surface area contributed by atoms with Gasteiger partial charge in [0.2, 0.25) is 17.7 Å². The lowest BCUT2D eigenvalue weighted by molar-refractivity contribution is -0.123. The van der Waals surface area contributed by atoms with Gasteiger partial charge >= 0.3 is 0 Å². The molecule has 1 heterocycles. The highest BCUT2D eigenvalue weighted by Crippen LogP contribution is 2.26. The van der Waals surface area contributed by atoms with Crippen molar-refractivity contribution in [1.82, 2.24) is 0 Å². The summed E-state index contributed by atoms with van der Waals surface area (Å²) < 4.78 is 0. The maximum Gasteiger partial charge on any atom is 0.227 e. The molecule has 6 heteroatoms. The van der Waals surface area contributed by atoms with E-state index in [1.807, 2.05) is 13.8 Å². The van der Waals surface area contributed by atoms with Gasteiger partial charge in [0.25, 0.3) is 0 Å². The fourth-order valence-corrected chi connectivity index (χ4v) is 2.46. The molecule has 1 fully saturated rings. The molecule has 1 aromatic carbocycles. The van der Waals surface area contributed by atoms with Gasteiger partial charge in [-0.3, -0.25) is 14.4 Å². The Morgan fingerprint density at radius 2 is 1.95 bits per heavy atom. The number of hydrogen-bond acceptors (Lipinski definition) is 3. The third kappa shape index (κ3) is 3.84. The van der Waals surface area contributed by atoms with Crippen LogP contribution in [0.5, 0.6) is 0 Å². The van der Waals surface area contributed by atoms with E-state index in [1.54, 1.807) is 29.2 Å². The first-order chi connectivity index (χ1) is 10.4. The first-order valence-corrected chi connectivity index (χ1v) is 7.36. The van der Waals surface area contributed by atoms with Gasteiger partial charge in [0.05, 0.1) is 5.92 Å². The zero-order valence-corrected chi connectivity index (χ0v) is 12.8. The molecule has 118 valence electrons. The van der Waals surface area contributed by atoms with Gasteiger partial charge in [-0.2, -0.15) is 0 Å². The molecule has 0 bridgehead atoms. The minimum atomic E-state index is -0.451. The lowest BCUT2D eigenvalue weighted by Gasteiger charge is -2.17. The maximum absolute atomic E-state index is 11.9. The van der Waals surface area contributed by atoms with Gasteiger partial charge < -0.3 is 16.0 Å². The van der Waals surface area contributed by atoms with Crippen molar-refractivity contribution >= 4 is 29.1 Å². The lowest BCUT2D eigenvalue weighted by atomic mass is 10.1. The monoisotopic (exact) mass is 303 g/mol. The molecule has 1 saturated heterocycles. The van der Waals surface area contributed by atoms with E-state index in [1.165, 1.54) is 0 Å². The van der Waals surface area contributed by atoms with E-state index in [-0.39, 0.29) is 18.2 Å². The molecule has 0 saturated carbocycles. The molecule has 0 aromatic heterocycles. The molecule has 1 atom stereocenters. The standard InChI is InChI=1S/C16H21N3O3/c1-10(2)7-14(20)18-12-3-5-13(6-4-12)19-9-11(16(17)22)8-15(19)21/h3-6,10-11H,7-9H2,1-2H3,(H2,17,22)(H,18,20). The first-order valence-electron chi connectivity index (χ1n) is 7.36. The van der Waals surface area contributed by atoms with Crippen molar-refractivity contribution in [2.45, 2.75) is 26.7 Å². The van der Waals surface area contributed by atoms with Crippen LogP contribution < -0.4 is 16.0 Å². The normalized spacial score (nSPS) is 17.9. The van der Waals surface area contributed by atoms with Gasteiger partial charge in [-0.05, 0) is 30.2 Å². The third-order valence-corrected chi connectivity index (χ3v) is 3.58. The molecule has 6 nitrogen and oxygen atoms in total. The maximum atomic E-state index is 11.9. The van der Waals surface area contributed by atoms with Crippen LogP contribution in [0.25, 0.3) is 0 Å². The topological polar surface area (TPSA) is 92.5 Å². The van der Waals surface area contributed by atoms with Gasteiger partial charge in [-0.25, -0.2) is 0 Å². The smallest absolute Gasteiger partial charge is 0.227 e. The van der Waals surface area contributed by atoms with Crippen LogP contribution in [0.2, 0.25) is 0 Å². The lowest BCUT2D eigenvalue weighted by Crippen LogP contribution is -2.28. The van der Waals surface area contributed by atoms with Crippen LogP contribution in [0.3, 0.4) is 0 Å². The molecule has 0 spiro atoms. The van der Waals surface area contributed by atoms with Crippen LogP contribution in [-0.4, -0.2) is 24.3 Å². The van der Waals surface area contributed by atoms with Gasteiger partial charge in [-0.15, -0.1) is 0 Å². The van der Waals surface area contributed by atoms with Crippen LogP contribution >= 0.6 is 0 Å². The minimum absolute atomic E-state index is 0.0335. The van der Waals surface area contributed by atoms with Crippen LogP contribution in [0.4, 0.5) is 11.4 Å². The van der Waals surface area contributed by atoms with E-state index in [9.17, 15) is 14.4 Å². The number of nitrogens with zero attached hydrogens (tertiary/aromatic N) is 1. The van der Waals surface area contributed by atoms with E-state index in [2.05, 4.69) is 5.32 Å². The second-order valence-corrected chi connectivity index (χ2v) is 6.00. The second-order valence-electron chi connectivity index (χ2n) is 6.00. The SMILES string of the molecule is CC(C)CC(=O)Nc1ccc(N2CC(C(N)=O)CC2=O)cc1. The second kappa shape index (κ2) is 6.60. The average molecular weight is 303 g/mol. The molecular formula is C16H21N3O3. The summed E-state index contributed by atoms with van der Waals surface area (Å²) in [4.78, 5) is 36.4. The first kappa shape index (κ1) is 16.0. The van der Waals surface area contributed by atoms with E-state index in [4.69, 9.17) is 5.73 Å². The third-order valence-electron chi connectivity index (χ3n) is 3.58. The number of nitrogens with one attached hydrogen (secondary N) is 1. The van der Waals surface area contributed by atoms with Crippen molar-refractivity contribution < 1.29 is 14.4 Å². The summed E-state index contributed by atoms with van der Waals surface area (Å²) in [6.45, 7) is 4.28. The van der Waals surface area contributed by atoms with Crippen molar-refractivity contribution in [3.8, 4) is 0 Å². The molecule has 0 radical (unpaired) electrons. The van der Waals surface area contributed by atoms with E-state index < -0.39 is 11.8 Å². The molecule has 1 unspecified atom stereocenters. The number of carbonyl (C=O) groups is 3. The van der Waals surface area contributed by atoms with E-state index in [0.717, 1.165) is 0 Å². The highest BCUT2D eigenvalue weighted by atomic mass is 16.2.